The van der Waals surface area contributed by atoms with Crippen molar-refractivity contribution in [3.63, 3.8) is 0 Å². The van der Waals surface area contributed by atoms with E-state index in [2.05, 4.69) is 58.3 Å². The summed E-state index contributed by atoms with van der Waals surface area (Å²) in [4.78, 5) is 25.0. The van der Waals surface area contributed by atoms with E-state index in [0.29, 0.717) is 10.7 Å². The predicted octanol–water partition coefficient (Wildman–Crippen LogP) is 4.87. The van der Waals surface area contributed by atoms with Gasteiger partial charge in [-0.05, 0) is 64.0 Å². The molecule has 0 aliphatic carbocycles. The topological polar surface area (TPSA) is 83.9 Å². The summed E-state index contributed by atoms with van der Waals surface area (Å²) >= 11 is 1.42. The molecule has 1 saturated heterocycles. The molecule has 0 atom stereocenters. The van der Waals surface area contributed by atoms with Crippen LogP contribution in [-0.4, -0.2) is 44.1 Å². The lowest BCUT2D eigenvalue weighted by Crippen LogP contribution is -2.33. The van der Waals surface area contributed by atoms with Gasteiger partial charge in [0.1, 0.15) is 5.01 Å². The lowest BCUT2D eigenvalue weighted by Gasteiger charge is -2.32. The van der Waals surface area contributed by atoms with Crippen LogP contribution in [0.5, 0.6) is 0 Å². The first-order valence-corrected chi connectivity index (χ1v) is 12.3. The van der Waals surface area contributed by atoms with E-state index in [1.807, 2.05) is 32.0 Å². The molecule has 4 rings (SSSR count). The maximum absolute atomic E-state index is 13.2. The van der Waals surface area contributed by atoms with E-state index in [4.69, 9.17) is 4.98 Å². The van der Waals surface area contributed by atoms with Gasteiger partial charge in [-0.25, -0.2) is 0 Å². The number of carbonyl (C=O) groups excluding carboxylic acids is 1. The van der Waals surface area contributed by atoms with Gasteiger partial charge in [-0.2, -0.15) is 0 Å². The van der Waals surface area contributed by atoms with Gasteiger partial charge in [-0.1, -0.05) is 38.2 Å². The molecule has 3 aromatic rings. The van der Waals surface area contributed by atoms with Crippen LogP contribution < -0.4 is 5.32 Å². The van der Waals surface area contributed by atoms with Crippen LogP contribution >= 0.6 is 11.3 Å². The molecule has 33 heavy (non-hydrogen) atoms. The fourth-order valence-electron chi connectivity index (χ4n) is 4.10. The molecule has 174 valence electrons. The van der Waals surface area contributed by atoms with Crippen molar-refractivity contribution in [1.29, 1.82) is 0 Å². The smallest absolute Gasteiger partial charge is 0.259 e. The minimum absolute atomic E-state index is 0.0981. The van der Waals surface area contributed by atoms with Crippen molar-refractivity contribution in [2.45, 2.75) is 65.3 Å². The number of pyridine rings is 2. The summed E-state index contributed by atoms with van der Waals surface area (Å²) in [5.74, 6) is 0.0902. The molecule has 1 amide bonds. The number of aryl methyl sites for hydroxylation is 2. The monoisotopic (exact) mass is 464 g/mol. The maximum Gasteiger partial charge on any atom is 0.259 e. The van der Waals surface area contributed by atoms with E-state index in [0.717, 1.165) is 60.3 Å². The van der Waals surface area contributed by atoms with Crippen molar-refractivity contribution in [1.82, 2.24) is 25.1 Å². The average molecular weight is 465 g/mol. The van der Waals surface area contributed by atoms with Crippen LogP contribution in [0.2, 0.25) is 0 Å². The van der Waals surface area contributed by atoms with Crippen molar-refractivity contribution in [3.8, 4) is 0 Å². The highest BCUT2D eigenvalue weighted by atomic mass is 32.1. The molecule has 0 unspecified atom stereocenters. The molecule has 0 aromatic carbocycles. The van der Waals surface area contributed by atoms with Gasteiger partial charge in [0.2, 0.25) is 5.13 Å². The van der Waals surface area contributed by atoms with E-state index in [9.17, 15) is 4.79 Å². The molecule has 1 N–H and O–H groups in total. The van der Waals surface area contributed by atoms with Crippen molar-refractivity contribution in [2.24, 2.45) is 0 Å². The number of piperidine rings is 1. The number of aromatic nitrogens is 4. The van der Waals surface area contributed by atoms with Crippen molar-refractivity contribution in [2.75, 3.05) is 18.4 Å². The predicted molar refractivity (Wildman–Crippen MR) is 132 cm³/mol. The lowest BCUT2D eigenvalue weighted by atomic mass is 9.89. The Bertz CT molecular complexity index is 1130. The number of likely N-dealkylation sites (tertiary alicyclic amines) is 1. The van der Waals surface area contributed by atoms with Gasteiger partial charge in [0.15, 0.2) is 0 Å². The standard InChI is InChI=1S/C25H32N6OS/c1-16-7-6-8-19(26-16)15-31-13-11-18(12-14-31)21-20(10-9-17(2)27-21)22(32)28-24-30-29-23(33-24)25(3,4)5/h6-10,18H,11-15H2,1-5H3,(H,28,30,32). The number of hydrogen-bond acceptors (Lipinski definition) is 7. The number of anilines is 1. The van der Waals surface area contributed by atoms with Gasteiger partial charge in [-0.3, -0.25) is 25.0 Å². The third-order valence-electron chi connectivity index (χ3n) is 5.90. The molecule has 1 aliphatic heterocycles. The molecule has 0 bridgehead atoms. The van der Waals surface area contributed by atoms with Crippen molar-refractivity contribution < 1.29 is 4.79 Å². The number of nitrogens with one attached hydrogen (secondary N) is 1. The molecular formula is C25H32N6OS. The van der Waals surface area contributed by atoms with Gasteiger partial charge in [0.05, 0.1) is 17.0 Å². The van der Waals surface area contributed by atoms with Crippen molar-refractivity contribution in [3.05, 3.63) is 63.7 Å². The summed E-state index contributed by atoms with van der Waals surface area (Å²) in [6.45, 7) is 13.0. The van der Waals surface area contributed by atoms with Crippen LogP contribution in [0.3, 0.4) is 0 Å². The third kappa shape index (κ3) is 5.81. The van der Waals surface area contributed by atoms with Gasteiger partial charge in [0, 0.05) is 29.3 Å². The second kappa shape index (κ2) is 9.65. The second-order valence-corrected chi connectivity index (χ2v) is 10.8. The van der Waals surface area contributed by atoms with Crippen LogP contribution in [0.1, 0.15) is 77.7 Å². The van der Waals surface area contributed by atoms with Crippen LogP contribution in [0.25, 0.3) is 0 Å². The number of carbonyl (C=O) groups is 1. The Morgan fingerprint density at radius 1 is 1.06 bits per heavy atom. The highest BCUT2D eigenvalue weighted by molar-refractivity contribution is 7.15. The average Bonchev–Trinajstić information content (AvgIpc) is 3.23. The lowest BCUT2D eigenvalue weighted by molar-refractivity contribution is 0.102. The zero-order valence-electron chi connectivity index (χ0n) is 20.1. The number of amides is 1. The SMILES string of the molecule is Cc1cccc(CN2CCC(c3nc(C)ccc3C(=O)Nc3nnc(C(C)(C)C)s3)CC2)n1. The van der Waals surface area contributed by atoms with Crippen LogP contribution in [0.15, 0.2) is 30.3 Å². The van der Waals surface area contributed by atoms with Gasteiger partial charge in [0.25, 0.3) is 5.91 Å². The first kappa shape index (κ1) is 23.4. The molecule has 7 nitrogen and oxygen atoms in total. The van der Waals surface area contributed by atoms with E-state index in [1.165, 1.54) is 11.3 Å². The second-order valence-electron chi connectivity index (χ2n) is 9.82. The zero-order chi connectivity index (χ0) is 23.6. The molecule has 8 heteroatoms. The van der Waals surface area contributed by atoms with Crippen molar-refractivity contribution >= 4 is 22.4 Å². The zero-order valence-corrected chi connectivity index (χ0v) is 20.9. The molecule has 0 saturated carbocycles. The summed E-state index contributed by atoms with van der Waals surface area (Å²) in [7, 11) is 0. The number of hydrogen-bond donors (Lipinski definition) is 1. The van der Waals surface area contributed by atoms with E-state index >= 15 is 0 Å². The van der Waals surface area contributed by atoms with E-state index in [-0.39, 0.29) is 17.2 Å². The van der Waals surface area contributed by atoms with Crippen LogP contribution in [-0.2, 0) is 12.0 Å². The molecule has 4 heterocycles. The Hall–Kier alpha value is -2.71. The molecule has 1 aliphatic rings. The normalized spacial score (nSPS) is 15.5. The van der Waals surface area contributed by atoms with E-state index < -0.39 is 0 Å². The third-order valence-corrected chi connectivity index (χ3v) is 7.17. The highest BCUT2D eigenvalue weighted by Gasteiger charge is 2.27. The highest BCUT2D eigenvalue weighted by Crippen LogP contribution is 2.31. The first-order chi connectivity index (χ1) is 15.7. The quantitative estimate of drug-likeness (QED) is 0.580. The van der Waals surface area contributed by atoms with Crippen LogP contribution in [0.4, 0.5) is 5.13 Å². The summed E-state index contributed by atoms with van der Waals surface area (Å²) in [6.07, 6.45) is 1.94. The minimum atomic E-state index is -0.166. The molecule has 0 spiro atoms. The molecule has 3 aromatic heterocycles. The summed E-state index contributed by atoms with van der Waals surface area (Å²) in [5, 5.41) is 12.8. The largest absolute Gasteiger partial charge is 0.297 e. The van der Waals surface area contributed by atoms with Crippen LogP contribution in [0, 0.1) is 13.8 Å². The van der Waals surface area contributed by atoms with Gasteiger partial charge >= 0.3 is 0 Å². The summed E-state index contributed by atoms with van der Waals surface area (Å²) < 4.78 is 0. The Kier molecular flexibility index (Phi) is 6.86. The number of nitrogens with zero attached hydrogens (tertiary/aromatic N) is 5. The maximum atomic E-state index is 13.2. The Morgan fingerprint density at radius 3 is 2.45 bits per heavy atom. The fourth-order valence-corrected chi connectivity index (χ4v) is 4.90. The fraction of sp³-hybridized carbons (Fsp3) is 0.480. The Morgan fingerprint density at radius 2 is 1.79 bits per heavy atom. The first-order valence-electron chi connectivity index (χ1n) is 11.5. The van der Waals surface area contributed by atoms with E-state index in [1.54, 1.807) is 0 Å². The molecule has 0 radical (unpaired) electrons. The number of rotatable bonds is 5. The Labute approximate surface area is 199 Å². The van der Waals surface area contributed by atoms with Gasteiger partial charge < -0.3 is 0 Å². The minimum Gasteiger partial charge on any atom is -0.297 e. The Balaban J connectivity index is 1.45. The molecular weight excluding hydrogens is 432 g/mol. The summed E-state index contributed by atoms with van der Waals surface area (Å²) in [6, 6.07) is 9.97. The molecule has 1 fully saturated rings. The summed E-state index contributed by atoms with van der Waals surface area (Å²) in [5.41, 5.74) is 4.51. The van der Waals surface area contributed by atoms with Gasteiger partial charge in [-0.15, -0.1) is 10.2 Å².